The van der Waals surface area contributed by atoms with Crippen LogP contribution in [0.4, 0.5) is 0 Å². The summed E-state index contributed by atoms with van der Waals surface area (Å²) in [6, 6.07) is 6.66. The van der Waals surface area contributed by atoms with E-state index in [2.05, 4.69) is 31.3 Å². The fraction of sp³-hybridized carbons (Fsp3) is 0.562. The highest BCUT2D eigenvalue weighted by atomic mass is 16.1. The summed E-state index contributed by atoms with van der Waals surface area (Å²) in [5, 5.41) is 3.39. The summed E-state index contributed by atoms with van der Waals surface area (Å²) in [5.41, 5.74) is 3.26. The van der Waals surface area contributed by atoms with Crippen LogP contribution in [0, 0.1) is 5.92 Å². The summed E-state index contributed by atoms with van der Waals surface area (Å²) in [6.07, 6.45) is 2.30. The van der Waals surface area contributed by atoms with Gasteiger partial charge >= 0.3 is 5.69 Å². The number of imidazole rings is 1. The van der Waals surface area contributed by atoms with Crippen molar-refractivity contribution < 1.29 is 0 Å². The molecule has 0 bridgehead atoms. The van der Waals surface area contributed by atoms with Gasteiger partial charge in [0.2, 0.25) is 0 Å². The van der Waals surface area contributed by atoms with E-state index in [4.69, 9.17) is 0 Å². The van der Waals surface area contributed by atoms with E-state index < -0.39 is 0 Å². The van der Waals surface area contributed by atoms with Gasteiger partial charge in [-0.1, -0.05) is 26.3 Å². The quantitative estimate of drug-likeness (QED) is 0.911. The monoisotopic (exact) mass is 275 g/mol. The van der Waals surface area contributed by atoms with Crippen LogP contribution in [0.25, 0.3) is 11.0 Å². The molecule has 0 spiro atoms. The molecule has 0 radical (unpaired) electrons. The lowest BCUT2D eigenvalue weighted by Gasteiger charge is -2.20. The second-order valence-corrected chi connectivity index (χ2v) is 5.74. The average Bonchev–Trinajstić information content (AvgIpc) is 2.69. The standard InChI is InChI=1S/C16H25N3O/c1-6-11(2)9-13(17-3)12-7-8-14-15(10-12)19(5)16(20)18(14)4/h7-8,10-11,13,17H,6,9H2,1-5H3. The Morgan fingerprint density at radius 1 is 1.20 bits per heavy atom. The molecule has 2 rings (SSSR count). The zero-order valence-electron chi connectivity index (χ0n) is 13.1. The van der Waals surface area contributed by atoms with Crippen LogP contribution in [-0.4, -0.2) is 16.2 Å². The van der Waals surface area contributed by atoms with Crippen molar-refractivity contribution in [1.82, 2.24) is 14.5 Å². The number of rotatable bonds is 5. The molecule has 4 heteroatoms. The van der Waals surface area contributed by atoms with Crippen LogP contribution in [0.15, 0.2) is 23.0 Å². The van der Waals surface area contributed by atoms with Gasteiger partial charge in [0.15, 0.2) is 0 Å². The molecule has 4 nitrogen and oxygen atoms in total. The molecule has 0 aliphatic carbocycles. The molecule has 0 saturated heterocycles. The van der Waals surface area contributed by atoms with Crippen molar-refractivity contribution in [3.63, 3.8) is 0 Å². The molecule has 1 aromatic carbocycles. The van der Waals surface area contributed by atoms with E-state index in [1.165, 1.54) is 12.0 Å². The first-order valence-corrected chi connectivity index (χ1v) is 7.32. The lowest BCUT2D eigenvalue weighted by molar-refractivity contribution is 0.422. The number of hydrogen-bond donors (Lipinski definition) is 1. The summed E-state index contributed by atoms with van der Waals surface area (Å²) in [6.45, 7) is 4.50. The largest absolute Gasteiger partial charge is 0.328 e. The van der Waals surface area contributed by atoms with Gasteiger partial charge in [0.05, 0.1) is 11.0 Å². The Morgan fingerprint density at radius 2 is 1.85 bits per heavy atom. The molecule has 20 heavy (non-hydrogen) atoms. The fourth-order valence-corrected chi connectivity index (χ4v) is 2.73. The fourth-order valence-electron chi connectivity index (χ4n) is 2.73. The zero-order chi connectivity index (χ0) is 14.9. The van der Waals surface area contributed by atoms with Gasteiger partial charge in [0, 0.05) is 20.1 Å². The number of fused-ring (bicyclic) bond motifs is 1. The SMILES string of the molecule is CCC(C)CC(NC)c1ccc2c(c1)n(C)c(=O)n2C. The molecule has 1 N–H and O–H groups in total. The van der Waals surface area contributed by atoms with Gasteiger partial charge in [0.25, 0.3) is 0 Å². The number of nitrogens with one attached hydrogen (secondary N) is 1. The molecule has 2 atom stereocenters. The smallest absolute Gasteiger partial charge is 0.313 e. The lowest BCUT2D eigenvalue weighted by atomic mass is 9.94. The summed E-state index contributed by atoms with van der Waals surface area (Å²) in [7, 11) is 5.65. The highest BCUT2D eigenvalue weighted by Gasteiger charge is 2.15. The minimum atomic E-state index is 0.0279. The molecule has 110 valence electrons. The van der Waals surface area contributed by atoms with Crippen molar-refractivity contribution >= 4 is 11.0 Å². The third kappa shape index (κ3) is 2.52. The number of nitrogens with zero attached hydrogens (tertiary/aromatic N) is 2. The van der Waals surface area contributed by atoms with E-state index >= 15 is 0 Å². The van der Waals surface area contributed by atoms with Gasteiger partial charge in [-0.05, 0) is 37.1 Å². The average molecular weight is 275 g/mol. The van der Waals surface area contributed by atoms with E-state index in [-0.39, 0.29) is 5.69 Å². The van der Waals surface area contributed by atoms with Crippen LogP contribution < -0.4 is 11.0 Å². The molecular weight excluding hydrogens is 250 g/mol. The minimum absolute atomic E-state index is 0.0279. The summed E-state index contributed by atoms with van der Waals surface area (Å²) >= 11 is 0. The number of aromatic nitrogens is 2. The van der Waals surface area contributed by atoms with Crippen LogP contribution in [0.3, 0.4) is 0 Å². The highest BCUT2D eigenvalue weighted by Crippen LogP contribution is 2.25. The summed E-state index contributed by atoms with van der Waals surface area (Å²) < 4.78 is 3.41. The number of hydrogen-bond acceptors (Lipinski definition) is 2. The van der Waals surface area contributed by atoms with Crippen LogP contribution in [0.5, 0.6) is 0 Å². The van der Waals surface area contributed by atoms with Crippen molar-refractivity contribution in [2.75, 3.05) is 7.05 Å². The Kier molecular flexibility index (Phi) is 4.33. The maximum atomic E-state index is 12.0. The highest BCUT2D eigenvalue weighted by molar-refractivity contribution is 5.77. The predicted molar refractivity (Wildman–Crippen MR) is 84.0 cm³/mol. The van der Waals surface area contributed by atoms with Gasteiger partial charge in [0.1, 0.15) is 0 Å². The van der Waals surface area contributed by atoms with E-state index in [9.17, 15) is 4.79 Å². The third-order valence-electron chi connectivity index (χ3n) is 4.38. The molecule has 2 unspecified atom stereocenters. The zero-order valence-corrected chi connectivity index (χ0v) is 13.1. The molecule has 0 fully saturated rings. The second kappa shape index (κ2) is 5.83. The van der Waals surface area contributed by atoms with E-state index in [1.54, 1.807) is 9.13 Å². The first-order valence-electron chi connectivity index (χ1n) is 7.32. The lowest BCUT2D eigenvalue weighted by Crippen LogP contribution is -2.19. The van der Waals surface area contributed by atoms with E-state index in [0.29, 0.717) is 12.0 Å². The van der Waals surface area contributed by atoms with E-state index in [0.717, 1.165) is 17.5 Å². The number of benzene rings is 1. The van der Waals surface area contributed by atoms with Crippen molar-refractivity contribution in [2.45, 2.75) is 32.7 Å². The second-order valence-electron chi connectivity index (χ2n) is 5.74. The first kappa shape index (κ1) is 14.9. The van der Waals surface area contributed by atoms with Crippen molar-refractivity contribution in [1.29, 1.82) is 0 Å². The first-order chi connectivity index (χ1) is 9.49. The van der Waals surface area contributed by atoms with Crippen LogP contribution in [0.2, 0.25) is 0 Å². The number of aryl methyl sites for hydroxylation is 2. The molecule has 2 aromatic rings. The summed E-state index contributed by atoms with van der Waals surface area (Å²) in [4.78, 5) is 12.0. The molecular formula is C16H25N3O. The molecule has 1 heterocycles. The molecule has 0 aliphatic rings. The van der Waals surface area contributed by atoms with Crippen molar-refractivity contribution in [2.24, 2.45) is 20.0 Å². The van der Waals surface area contributed by atoms with Crippen molar-refractivity contribution in [3.8, 4) is 0 Å². The van der Waals surface area contributed by atoms with Crippen LogP contribution >= 0.6 is 0 Å². The summed E-state index contributed by atoms with van der Waals surface area (Å²) in [5.74, 6) is 0.683. The van der Waals surface area contributed by atoms with Gasteiger partial charge in [-0.2, -0.15) is 0 Å². The molecule has 0 amide bonds. The van der Waals surface area contributed by atoms with Crippen LogP contribution in [-0.2, 0) is 14.1 Å². The minimum Gasteiger partial charge on any atom is -0.313 e. The molecule has 0 aliphatic heterocycles. The maximum absolute atomic E-state index is 12.0. The Labute approximate surface area is 120 Å². The topological polar surface area (TPSA) is 39.0 Å². The van der Waals surface area contributed by atoms with Crippen molar-refractivity contribution in [3.05, 3.63) is 34.2 Å². The van der Waals surface area contributed by atoms with Gasteiger partial charge in [-0.25, -0.2) is 4.79 Å². The Hall–Kier alpha value is -1.55. The Balaban J connectivity index is 2.45. The third-order valence-corrected chi connectivity index (χ3v) is 4.38. The van der Waals surface area contributed by atoms with Gasteiger partial charge in [-0.15, -0.1) is 0 Å². The maximum Gasteiger partial charge on any atom is 0.328 e. The van der Waals surface area contributed by atoms with Gasteiger partial charge < -0.3 is 5.32 Å². The Morgan fingerprint density at radius 3 is 2.45 bits per heavy atom. The van der Waals surface area contributed by atoms with Gasteiger partial charge in [-0.3, -0.25) is 9.13 Å². The Bertz CT molecular complexity index is 654. The van der Waals surface area contributed by atoms with E-state index in [1.807, 2.05) is 27.2 Å². The molecule has 1 aromatic heterocycles. The molecule has 0 saturated carbocycles. The van der Waals surface area contributed by atoms with Crippen LogP contribution in [0.1, 0.15) is 38.3 Å². The predicted octanol–water partition coefficient (Wildman–Crippen LogP) is 2.57. The normalized spacial score (nSPS) is 14.7.